The van der Waals surface area contributed by atoms with E-state index in [1.165, 1.54) is 19.3 Å². The van der Waals surface area contributed by atoms with Gasteiger partial charge in [-0.25, -0.2) is 8.78 Å². The van der Waals surface area contributed by atoms with Crippen LogP contribution in [-0.2, 0) is 6.54 Å². The predicted molar refractivity (Wildman–Crippen MR) is 157 cm³/mol. The second-order valence-electron chi connectivity index (χ2n) is 10.1. The minimum absolute atomic E-state index is 0.144. The Hall–Kier alpha value is -3.44. The molecule has 1 aliphatic rings. The largest absolute Gasteiger partial charge is 0.496 e. The smallest absolute Gasteiger partial charge is 0.267 e. The first-order valence-electron chi connectivity index (χ1n) is 13.0. The van der Waals surface area contributed by atoms with Gasteiger partial charge in [-0.2, -0.15) is 0 Å². The lowest BCUT2D eigenvalue weighted by Crippen LogP contribution is -2.58. The van der Waals surface area contributed by atoms with Gasteiger partial charge < -0.3 is 15.8 Å². The van der Waals surface area contributed by atoms with Gasteiger partial charge >= 0.3 is 0 Å². The molecule has 7 nitrogen and oxygen atoms in total. The number of hydrogen-bond donors (Lipinski definition) is 3. The zero-order chi connectivity index (χ0) is 29.3. The molecular formula is C30H29ClF2N4O3S. The van der Waals surface area contributed by atoms with E-state index in [4.69, 9.17) is 22.1 Å². The Bertz CT molecular complexity index is 1620. The van der Waals surface area contributed by atoms with E-state index < -0.39 is 34.9 Å². The normalized spacial score (nSPS) is 22.5. The summed E-state index contributed by atoms with van der Waals surface area (Å²) in [5.74, 6) is -3.38. The highest BCUT2D eigenvalue weighted by Crippen LogP contribution is 2.41. The molecule has 4 atom stereocenters. The van der Waals surface area contributed by atoms with Gasteiger partial charge in [-0.3, -0.25) is 19.9 Å². The Morgan fingerprint density at radius 2 is 1.98 bits per heavy atom. The van der Waals surface area contributed by atoms with Crippen LogP contribution < -0.4 is 21.1 Å². The van der Waals surface area contributed by atoms with Crippen molar-refractivity contribution >= 4 is 44.7 Å². The Labute approximate surface area is 245 Å². The van der Waals surface area contributed by atoms with Gasteiger partial charge in [0.05, 0.1) is 22.1 Å². The van der Waals surface area contributed by atoms with Crippen LogP contribution in [0, 0.1) is 11.7 Å². The number of nitrogens with two attached hydrogens (primary N) is 1. The number of thiophene rings is 1. The molecule has 4 unspecified atom stereocenters. The number of carbonyl (C=O) groups is 2. The maximum absolute atomic E-state index is 15.7. The molecule has 2 heterocycles. The zero-order valence-corrected chi connectivity index (χ0v) is 24.0. The van der Waals surface area contributed by atoms with Crippen molar-refractivity contribution in [2.45, 2.75) is 36.6 Å². The average Bonchev–Trinajstić information content (AvgIpc) is 3.43. The van der Waals surface area contributed by atoms with Crippen LogP contribution in [0.3, 0.4) is 0 Å². The van der Waals surface area contributed by atoms with Gasteiger partial charge in [0, 0.05) is 36.7 Å². The summed E-state index contributed by atoms with van der Waals surface area (Å²) in [5.41, 5.74) is 7.89. The van der Waals surface area contributed by atoms with Crippen molar-refractivity contribution in [3.8, 4) is 16.9 Å². The van der Waals surface area contributed by atoms with Gasteiger partial charge in [0.2, 0.25) is 0 Å². The van der Waals surface area contributed by atoms with Crippen LogP contribution in [0.5, 0.6) is 5.75 Å². The molecule has 2 aromatic heterocycles. The molecule has 0 aliphatic heterocycles. The molecule has 4 aromatic rings. The Balaban J connectivity index is 1.44. The molecule has 214 valence electrons. The highest BCUT2D eigenvalue weighted by atomic mass is 35.5. The average molecular weight is 599 g/mol. The lowest BCUT2D eigenvalue weighted by molar-refractivity contribution is 0.0325. The second kappa shape index (κ2) is 11.8. The van der Waals surface area contributed by atoms with Crippen LogP contribution in [0.2, 0.25) is 0 Å². The zero-order valence-electron chi connectivity index (χ0n) is 22.4. The third-order valence-corrected chi connectivity index (χ3v) is 9.33. The number of carbonyl (C=O) groups excluding carboxylic acids is 2. The lowest BCUT2D eigenvalue weighted by Gasteiger charge is -2.42. The van der Waals surface area contributed by atoms with E-state index in [0.717, 1.165) is 28.0 Å². The van der Waals surface area contributed by atoms with Gasteiger partial charge in [0.25, 0.3) is 5.91 Å². The topological polar surface area (TPSA) is 106 Å². The molecule has 11 heteroatoms. The van der Waals surface area contributed by atoms with Crippen LogP contribution in [-0.4, -0.2) is 48.0 Å². The van der Waals surface area contributed by atoms with E-state index in [0.29, 0.717) is 27.3 Å². The first-order chi connectivity index (χ1) is 19.6. The summed E-state index contributed by atoms with van der Waals surface area (Å²) in [6.45, 7) is 0.294. The van der Waals surface area contributed by atoms with Gasteiger partial charge in [-0.1, -0.05) is 18.2 Å². The first kappa shape index (κ1) is 29.1. The van der Waals surface area contributed by atoms with Crippen LogP contribution in [0.1, 0.15) is 38.6 Å². The quantitative estimate of drug-likeness (QED) is 0.134. The number of fused-ring (bicyclic) bond motifs is 1. The number of nitrogens with one attached hydrogen (secondary N) is 2. The fourth-order valence-electron chi connectivity index (χ4n) is 5.34. The van der Waals surface area contributed by atoms with Crippen LogP contribution in [0.15, 0.2) is 60.8 Å². The van der Waals surface area contributed by atoms with Crippen molar-refractivity contribution in [2.75, 3.05) is 14.2 Å². The second-order valence-corrected chi connectivity index (χ2v) is 11.6. The van der Waals surface area contributed by atoms with Gasteiger partial charge in [0.1, 0.15) is 17.3 Å². The van der Waals surface area contributed by atoms with E-state index in [2.05, 4.69) is 15.6 Å². The summed E-state index contributed by atoms with van der Waals surface area (Å²) < 4.78 is 36.1. The van der Waals surface area contributed by atoms with Crippen molar-refractivity contribution < 1.29 is 23.1 Å². The highest BCUT2D eigenvalue weighted by molar-refractivity contribution is 7.20. The third kappa shape index (κ3) is 5.83. The van der Waals surface area contributed by atoms with Crippen LogP contribution in [0.25, 0.3) is 21.2 Å². The first-order valence-corrected chi connectivity index (χ1v) is 14.3. The van der Waals surface area contributed by atoms with Crippen molar-refractivity contribution in [3.63, 3.8) is 0 Å². The molecule has 2 aromatic carbocycles. The maximum atomic E-state index is 15.7. The number of Topliss-reactive ketones (excluding diaryl/α,β-unsaturated/α-hetero) is 1. The minimum atomic E-state index is -1.95. The Morgan fingerprint density at radius 1 is 1.20 bits per heavy atom. The van der Waals surface area contributed by atoms with Crippen molar-refractivity contribution in [1.82, 2.24) is 15.6 Å². The molecule has 1 saturated carbocycles. The summed E-state index contributed by atoms with van der Waals surface area (Å²) in [4.78, 5) is 29.8. The summed E-state index contributed by atoms with van der Waals surface area (Å²) in [6.07, 6.45) is 1.55. The standard InChI is InChI=1S/C30H29ClF2N4O3S/c1-35-30(33)14-20(27(38)25-12-18-4-3-5-21(32)28(18)41-25)22(13-26(30)31)37-15-19-10-16(6-7-24(19)40-2)17-8-9-36-23(11-17)29(34)39/h3-12,20,22,26,35,37H,13-15H2,1-2H3,(H2,34,39). The number of ether oxygens (including phenoxy) is 1. The van der Waals surface area contributed by atoms with E-state index in [1.807, 2.05) is 18.2 Å². The number of primary amides is 1. The Kier molecular flexibility index (Phi) is 8.37. The van der Waals surface area contributed by atoms with Crippen LogP contribution >= 0.6 is 22.9 Å². The summed E-state index contributed by atoms with van der Waals surface area (Å²) >= 11 is 7.57. The number of nitrogens with zero attached hydrogens (tertiary/aromatic N) is 1. The number of pyridine rings is 1. The molecule has 0 bridgehead atoms. The summed E-state index contributed by atoms with van der Waals surface area (Å²) in [6, 6.07) is 14.9. The molecule has 1 aliphatic carbocycles. The number of halogens is 3. The summed E-state index contributed by atoms with van der Waals surface area (Å²) in [5, 5.41) is 5.83. The third-order valence-electron chi connectivity index (χ3n) is 7.63. The number of hydrogen-bond acceptors (Lipinski definition) is 7. The van der Waals surface area contributed by atoms with E-state index in [9.17, 15) is 14.0 Å². The lowest BCUT2D eigenvalue weighted by atomic mass is 9.77. The van der Waals surface area contributed by atoms with Crippen molar-refractivity contribution in [1.29, 1.82) is 0 Å². The monoisotopic (exact) mass is 598 g/mol. The SMILES string of the molecule is CNC1(F)CC(C(=O)c2cc3cccc(F)c3s2)C(NCc2cc(-c3ccnc(C(N)=O)c3)ccc2OC)CC1Cl. The molecule has 0 radical (unpaired) electrons. The van der Waals surface area contributed by atoms with Crippen molar-refractivity contribution in [2.24, 2.45) is 11.7 Å². The number of aromatic nitrogens is 1. The number of amides is 1. The number of ketones is 1. The highest BCUT2D eigenvalue weighted by Gasteiger charge is 2.49. The van der Waals surface area contributed by atoms with Crippen LogP contribution in [0.4, 0.5) is 8.78 Å². The van der Waals surface area contributed by atoms with E-state index in [-0.39, 0.29) is 24.3 Å². The maximum Gasteiger partial charge on any atom is 0.267 e. The number of benzene rings is 2. The molecular weight excluding hydrogens is 570 g/mol. The van der Waals surface area contributed by atoms with Gasteiger partial charge in [-0.05, 0) is 66.4 Å². The summed E-state index contributed by atoms with van der Waals surface area (Å²) in [7, 11) is 3.04. The van der Waals surface area contributed by atoms with E-state index >= 15 is 4.39 Å². The van der Waals surface area contributed by atoms with Crippen molar-refractivity contribution in [3.05, 3.63) is 82.7 Å². The molecule has 41 heavy (non-hydrogen) atoms. The Morgan fingerprint density at radius 3 is 2.68 bits per heavy atom. The molecule has 1 fully saturated rings. The van der Waals surface area contributed by atoms with E-state index in [1.54, 1.807) is 37.4 Å². The molecule has 5 rings (SSSR count). The number of methoxy groups -OCH3 is 1. The van der Waals surface area contributed by atoms with Gasteiger partial charge in [-0.15, -0.1) is 22.9 Å². The molecule has 0 spiro atoms. The number of alkyl halides is 2. The predicted octanol–water partition coefficient (Wildman–Crippen LogP) is 5.45. The molecule has 4 N–H and O–H groups in total. The molecule has 0 saturated heterocycles. The number of rotatable bonds is 9. The fraction of sp³-hybridized carbons (Fsp3) is 0.300. The minimum Gasteiger partial charge on any atom is -0.496 e. The fourth-order valence-corrected chi connectivity index (χ4v) is 6.80. The van der Waals surface area contributed by atoms with Gasteiger partial charge in [0.15, 0.2) is 11.6 Å². The molecule has 1 amide bonds.